The first-order valence-electron chi connectivity index (χ1n) is 4.77. The Morgan fingerprint density at radius 1 is 1.44 bits per heavy atom. The van der Waals surface area contributed by atoms with Gasteiger partial charge in [0.2, 0.25) is 0 Å². The molecule has 0 unspecified atom stereocenters. The first-order valence-corrected chi connectivity index (χ1v) is 5.15. The molecule has 0 spiro atoms. The number of nitrogens with zero attached hydrogens (tertiary/aromatic N) is 1. The van der Waals surface area contributed by atoms with E-state index >= 15 is 0 Å². The maximum atomic E-state index is 11.6. The zero-order chi connectivity index (χ0) is 12.1. The van der Waals surface area contributed by atoms with Crippen LogP contribution in [0.2, 0.25) is 5.02 Å². The lowest BCUT2D eigenvalue weighted by atomic mass is 10.1. The lowest BCUT2D eigenvalue weighted by Crippen LogP contribution is -2.10. The molecule has 0 aromatic heterocycles. The van der Waals surface area contributed by atoms with E-state index in [1.807, 2.05) is 20.2 Å². The molecule has 0 saturated heterocycles. The molecule has 0 aliphatic rings. The molecular formula is C12H14ClNO2. The van der Waals surface area contributed by atoms with Gasteiger partial charge in [-0.25, -0.2) is 4.79 Å². The number of hydrogen-bond donors (Lipinski definition) is 0. The van der Waals surface area contributed by atoms with Crippen molar-refractivity contribution in [3.8, 4) is 0 Å². The maximum Gasteiger partial charge on any atom is 0.339 e. The van der Waals surface area contributed by atoms with Gasteiger partial charge in [0, 0.05) is 25.3 Å². The van der Waals surface area contributed by atoms with Crippen molar-refractivity contribution in [3.05, 3.63) is 41.1 Å². The van der Waals surface area contributed by atoms with Gasteiger partial charge in [-0.3, -0.25) is 0 Å². The van der Waals surface area contributed by atoms with Gasteiger partial charge in [0.05, 0.1) is 12.7 Å². The summed E-state index contributed by atoms with van der Waals surface area (Å²) in [6.07, 6.45) is 1.71. The molecule has 1 aromatic rings. The van der Waals surface area contributed by atoms with Crippen molar-refractivity contribution in [1.29, 1.82) is 0 Å². The van der Waals surface area contributed by atoms with Crippen molar-refractivity contribution >= 4 is 23.1 Å². The Balaban J connectivity index is 3.16. The van der Waals surface area contributed by atoms with Gasteiger partial charge < -0.3 is 9.64 Å². The summed E-state index contributed by atoms with van der Waals surface area (Å²) in [6.45, 7) is 0. The van der Waals surface area contributed by atoms with Gasteiger partial charge in [-0.2, -0.15) is 0 Å². The van der Waals surface area contributed by atoms with Gasteiger partial charge >= 0.3 is 5.97 Å². The Morgan fingerprint density at radius 2 is 2.12 bits per heavy atom. The maximum absolute atomic E-state index is 11.6. The summed E-state index contributed by atoms with van der Waals surface area (Å²) in [5, 5.41) is 0.589. The van der Waals surface area contributed by atoms with E-state index in [4.69, 9.17) is 16.3 Å². The average molecular weight is 240 g/mol. The molecular weight excluding hydrogens is 226 g/mol. The molecule has 16 heavy (non-hydrogen) atoms. The predicted octanol–water partition coefficient (Wildman–Crippen LogP) is 2.42. The monoisotopic (exact) mass is 239 g/mol. The molecule has 0 radical (unpaired) electrons. The van der Waals surface area contributed by atoms with E-state index in [0.29, 0.717) is 10.6 Å². The molecule has 0 bridgehead atoms. The summed E-state index contributed by atoms with van der Waals surface area (Å²) in [5.41, 5.74) is 1.23. The zero-order valence-corrected chi connectivity index (χ0v) is 10.3. The van der Waals surface area contributed by atoms with E-state index in [1.54, 1.807) is 29.3 Å². The molecule has 0 aliphatic carbocycles. The van der Waals surface area contributed by atoms with Gasteiger partial charge in [-0.15, -0.1) is 0 Å². The summed E-state index contributed by atoms with van der Waals surface area (Å²) in [5.74, 6) is -0.379. The Hall–Kier alpha value is -1.48. The summed E-state index contributed by atoms with van der Waals surface area (Å²) in [6, 6.07) is 7.10. The quantitative estimate of drug-likeness (QED) is 0.599. The van der Waals surface area contributed by atoms with E-state index in [-0.39, 0.29) is 5.97 Å². The van der Waals surface area contributed by atoms with Crippen molar-refractivity contribution in [2.24, 2.45) is 0 Å². The summed E-state index contributed by atoms with van der Waals surface area (Å²) < 4.78 is 4.73. The van der Waals surface area contributed by atoms with Crippen molar-refractivity contribution in [3.63, 3.8) is 0 Å². The lowest BCUT2D eigenvalue weighted by Gasteiger charge is -2.10. The minimum Gasteiger partial charge on any atom is -0.465 e. The zero-order valence-electron chi connectivity index (χ0n) is 9.53. The third kappa shape index (κ3) is 3.28. The average Bonchev–Trinajstić information content (AvgIpc) is 2.24. The van der Waals surface area contributed by atoms with Crippen LogP contribution < -0.4 is 0 Å². The van der Waals surface area contributed by atoms with Crippen molar-refractivity contribution in [2.75, 3.05) is 21.2 Å². The largest absolute Gasteiger partial charge is 0.465 e. The summed E-state index contributed by atoms with van der Waals surface area (Å²) in [7, 11) is 5.04. The van der Waals surface area contributed by atoms with Gasteiger partial charge in [0.15, 0.2) is 0 Å². The predicted molar refractivity (Wildman–Crippen MR) is 65.1 cm³/mol. The second-order valence-corrected chi connectivity index (χ2v) is 3.94. The second-order valence-electron chi connectivity index (χ2n) is 3.51. The molecule has 1 aromatic carbocycles. The fraction of sp³-hybridized carbons (Fsp3) is 0.250. The molecule has 0 atom stereocenters. The third-order valence-corrected chi connectivity index (χ3v) is 2.16. The number of halogens is 1. The topological polar surface area (TPSA) is 29.5 Å². The summed E-state index contributed by atoms with van der Waals surface area (Å²) in [4.78, 5) is 13.4. The Labute approximate surface area is 100 Å². The Kier molecular flexibility index (Phi) is 4.38. The second kappa shape index (κ2) is 5.56. The highest BCUT2D eigenvalue weighted by atomic mass is 35.5. The number of rotatable bonds is 3. The number of hydrogen-bond acceptors (Lipinski definition) is 3. The highest BCUT2D eigenvalue weighted by Gasteiger charge is 2.12. The molecule has 0 heterocycles. The molecule has 0 amide bonds. The lowest BCUT2D eigenvalue weighted by molar-refractivity contribution is -0.133. The van der Waals surface area contributed by atoms with Crippen LogP contribution in [0.4, 0.5) is 0 Å². The SMILES string of the molecule is COC(=O)/C(=C/N(C)C)c1cccc(Cl)c1. The number of ether oxygens (including phenoxy) is 1. The van der Waals surface area contributed by atoms with E-state index < -0.39 is 0 Å². The van der Waals surface area contributed by atoms with E-state index in [9.17, 15) is 4.79 Å². The molecule has 3 nitrogen and oxygen atoms in total. The smallest absolute Gasteiger partial charge is 0.339 e. The van der Waals surface area contributed by atoms with Crippen LogP contribution in [0, 0.1) is 0 Å². The number of benzene rings is 1. The highest BCUT2D eigenvalue weighted by Crippen LogP contribution is 2.20. The van der Waals surface area contributed by atoms with Gasteiger partial charge in [0.25, 0.3) is 0 Å². The van der Waals surface area contributed by atoms with Crippen LogP contribution in [0.15, 0.2) is 30.5 Å². The van der Waals surface area contributed by atoms with Crippen LogP contribution in [-0.4, -0.2) is 32.1 Å². The molecule has 0 N–H and O–H groups in total. The van der Waals surface area contributed by atoms with Crippen molar-refractivity contribution in [2.45, 2.75) is 0 Å². The first kappa shape index (κ1) is 12.6. The minimum absolute atomic E-state index is 0.379. The van der Waals surface area contributed by atoms with Gasteiger partial charge in [0.1, 0.15) is 0 Å². The molecule has 0 saturated carbocycles. The van der Waals surface area contributed by atoms with Crippen LogP contribution in [0.1, 0.15) is 5.56 Å². The Morgan fingerprint density at radius 3 is 2.62 bits per heavy atom. The molecule has 4 heteroatoms. The number of esters is 1. The Bertz CT molecular complexity index is 413. The fourth-order valence-electron chi connectivity index (χ4n) is 1.27. The number of carbonyl (C=O) groups excluding carboxylic acids is 1. The molecule has 86 valence electrons. The first-order chi connectivity index (χ1) is 7.54. The van der Waals surface area contributed by atoms with Crippen molar-refractivity contribution in [1.82, 2.24) is 4.90 Å². The van der Waals surface area contributed by atoms with Crippen LogP contribution in [0.3, 0.4) is 0 Å². The number of carbonyl (C=O) groups is 1. The standard InChI is InChI=1S/C12H14ClNO2/c1-14(2)8-11(12(15)16-3)9-5-4-6-10(13)7-9/h4-8H,1-3H3/b11-8+. The number of methoxy groups -OCH3 is 1. The van der Waals surface area contributed by atoms with Crippen LogP contribution in [0.5, 0.6) is 0 Å². The molecule has 0 fully saturated rings. The van der Waals surface area contributed by atoms with Gasteiger partial charge in [-0.05, 0) is 17.7 Å². The van der Waals surface area contributed by atoms with Crippen LogP contribution in [-0.2, 0) is 9.53 Å². The van der Waals surface area contributed by atoms with E-state index in [0.717, 1.165) is 5.56 Å². The summed E-state index contributed by atoms with van der Waals surface area (Å²) >= 11 is 5.88. The minimum atomic E-state index is -0.379. The normalized spacial score (nSPS) is 11.1. The van der Waals surface area contributed by atoms with Gasteiger partial charge in [-0.1, -0.05) is 23.7 Å². The third-order valence-electron chi connectivity index (χ3n) is 1.93. The van der Waals surface area contributed by atoms with Crippen LogP contribution in [0.25, 0.3) is 5.57 Å². The fourth-order valence-corrected chi connectivity index (χ4v) is 1.46. The molecule has 0 aliphatic heterocycles. The molecule has 1 rings (SSSR count). The van der Waals surface area contributed by atoms with E-state index in [2.05, 4.69) is 0 Å². The highest BCUT2D eigenvalue weighted by molar-refractivity contribution is 6.31. The van der Waals surface area contributed by atoms with Crippen molar-refractivity contribution < 1.29 is 9.53 Å². The van der Waals surface area contributed by atoms with E-state index in [1.165, 1.54) is 7.11 Å². The van der Waals surface area contributed by atoms with Crippen LogP contribution >= 0.6 is 11.6 Å².